The summed E-state index contributed by atoms with van der Waals surface area (Å²) in [6.45, 7) is 2.46. The predicted octanol–water partition coefficient (Wildman–Crippen LogP) is 7.06. The molecule has 0 amide bonds. The zero-order chi connectivity index (χ0) is 27.0. The van der Waals surface area contributed by atoms with Gasteiger partial charge in [0.2, 0.25) is 0 Å². The van der Waals surface area contributed by atoms with E-state index in [9.17, 15) is 4.79 Å². The van der Waals surface area contributed by atoms with Crippen LogP contribution < -0.4 is 10.3 Å². The van der Waals surface area contributed by atoms with E-state index in [4.69, 9.17) is 33.1 Å². The summed E-state index contributed by atoms with van der Waals surface area (Å²) >= 11 is 12.7. The smallest absolute Gasteiger partial charge is 0.313 e. The Hall–Kier alpha value is -3.87. The van der Waals surface area contributed by atoms with Crippen LogP contribution in [0.5, 0.6) is 0 Å². The molecule has 6 nitrogen and oxygen atoms in total. The van der Waals surface area contributed by atoms with Gasteiger partial charge in [0, 0.05) is 49.9 Å². The molecule has 0 aliphatic carbocycles. The van der Waals surface area contributed by atoms with Crippen molar-refractivity contribution < 1.29 is 14.3 Å². The SMILES string of the molecule is CCOC(=O)[C@@H]1CN(c2ccccc2)[C@@]2(c3ccc(Cl)cc3)N=[N+](c3ccccc3)N[C@@]12c1ccc(Cl)cc1. The summed E-state index contributed by atoms with van der Waals surface area (Å²) in [6.07, 6.45) is 0. The number of anilines is 1. The van der Waals surface area contributed by atoms with E-state index in [1.165, 1.54) is 0 Å². The molecule has 1 fully saturated rings. The first kappa shape index (κ1) is 25.4. The lowest BCUT2D eigenvalue weighted by atomic mass is 9.70. The number of nitrogens with zero attached hydrogens (tertiary/aromatic N) is 3. The number of benzene rings is 4. The fourth-order valence-corrected chi connectivity index (χ4v) is 6.17. The Morgan fingerprint density at radius 3 is 2.05 bits per heavy atom. The number of azo groups is 1. The van der Waals surface area contributed by atoms with E-state index in [0.29, 0.717) is 16.6 Å². The van der Waals surface area contributed by atoms with Crippen LogP contribution in [0.2, 0.25) is 10.0 Å². The molecule has 6 rings (SSSR count). The second kappa shape index (κ2) is 10.0. The van der Waals surface area contributed by atoms with E-state index in [1.54, 1.807) is 4.81 Å². The maximum Gasteiger partial charge on any atom is 0.313 e. The molecule has 196 valence electrons. The van der Waals surface area contributed by atoms with Crippen molar-refractivity contribution in [1.82, 2.24) is 5.43 Å². The van der Waals surface area contributed by atoms with E-state index >= 15 is 0 Å². The molecular formula is C31H27Cl2N4O2+. The molecule has 2 aliphatic rings. The van der Waals surface area contributed by atoms with Gasteiger partial charge in [0.05, 0.1) is 6.61 Å². The van der Waals surface area contributed by atoms with Crippen molar-refractivity contribution in [3.63, 3.8) is 0 Å². The molecule has 0 bridgehead atoms. The fraction of sp³-hybridized carbons (Fsp3) is 0.194. The second-order valence-electron chi connectivity index (χ2n) is 9.60. The van der Waals surface area contributed by atoms with Gasteiger partial charge in [0.1, 0.15) is 5.92 Å². The third kappa shape index (κ3) is 3.98. The minimum atomic E-state index is -1.10. The Morgan fingerprint density at radius 2 is 1.46 bits per heavy atom. The Balaban J connectivity index is 1.72. The highest BCUT2D eigenvalue weighted by atomic mass is 35.5. The van der Waals surface area contributed by atoms with Gasteiger partial charge in [0.25, 0.3) is 11.4 Å². The van der Waals surface area contributed by atoms with Crippen LogP contribution in [0.15, 0.2) is 114 Å². The van der Waals surface area contributed by atoms with Gasteiger partial charge in [-0.05, 0) is 48.9 Å². The molecule has 0 radical (unpaired) electrons. The number of para-hydroxylation sites is 2. The van der Waals surface area contributed by atoms with Crippen molar-refractivity contribution in [2.24, 2.45) is 11.0 Å². The van der Waals surface area contributed by atoms with Crippen LogP contribution >= 0.6 is 23.2 Å². The minimum absolute atomic E-state index is 0.269. The third-order valence-corrected chi connectivity index (χ3v) is 8.05. The Kier molecular flexibility index (Phi) is 6.53. The molecule has 39 heavy (non-hydrogen) atoms. The van der Waals surface area contributed by atoms with Gasteiger partial charge in [-0.1, -0.05) is 83.9 Å². The number of hydrazine groups is 1. The molecule has 0 saturated carbocycles. The summed E-state index contributed by atoms with van der Waals surface area (Å²) in [5.74, 6) is -0.936. The number of ether oxygens (including phenoxy) is 1. The van der Waals surface area contributed by atoms with Gasteiger partial charge in [-0.25, -0.2) is 0 Å². The fourth-order valence-electron chi connectivity index (χ4n) is 5.92. The van der Waals surface area contributed by atoms with Crippen LogP contribution in [0.4, 0.5) is 11.4 Å². The molecule has 2 heterocycles. The Bertz CT molecular complexity index is 1510. The van der Waals surface area contributed by atoms with Crippen LogP contribution in [0.25, 0.3) is 0 Å². The molecule has 1 N–H and O–H groups in total. The van der Waals surface area contributed by atoms with E-state index in [0.717, 1.165) is 22.5 Å². The summed E-state index contributed by atoms with van der Waals surface area (Å²) in [5.41, 5.74) is 5.05. The van der Waals surface area contributed by atoms with Gasteiger partial charge in [-0.2, -0.15) is 5.43 Å². The number of hydrogen-bond acceptors (Lipinski definition) is 5. The van der Waals surface area contributed by atoms with E-state index < -0.39 is 17.1 Å². The number of carbonyl (C=O) groups excluding carboxylic acids is 1. The quantitative estimate of drug-likeness (QED) is 0.204. The lowest BCUT2D eigenvalue weighted by molar-refractivity contribution is -0.570. The van der Waals surface area contributed by atoms with Gasteiger partial charge in [-0.3, -0.25) is 4.79 Å². The predicted molar refractivity (Wildman–Crippen MR) is 152 cm³/mol. The van der Waals surface area contributed by atoms with E-state index in [2.05, 4.69) is 10.3 Å². The highest BCUT2D eigenvalue weighted by Crippen LogP contribution is 2.60. The number of halogens is 2. The average Bonchev–Trinajstić information content (AvgIpc) is 3.46. The molecule has 0 unspecified atom stereocenters. The number of rotatable bonds is 6. The lowest BCUT2D eigenvalue weighted by Crippen LogP contribution is -2.59. The van der Waals surface area contributed by atoms with Crippen molar-refractivity contribution in [3.05, 3.63) is 130 Å². The maximum atomic E-state index is 13.9. The monoisotopic (exact) mass is 557 g/mol. The maximum absolute atomic E-state index is 13.9. The molecule has 3 atom stereocenters. The van der Waals surface area contributed by atoms with E-state index in [-0.39, 0.29) is 12.6 Å². The zero-order valence-corrected chi connectivity index (χ0v) is 22.8. The number of hydrogen-bond donors (Lipinski definition) is 1. The second-order valence-corrected chi connectivity index (χ2v) is 10.5. The average molecular weight is 558 g/mol. The first-order chi connectivity index (χ1) is 19.0. The van der Waals surface area contributed by atoms with E-state index in [1.807, 2.05) is 116 Å². The van der Waals surface area contributed by atoms with Gasteiger partial charge in [0.15, 0.2) is 5.54 Å². The van der Waals surface area contributed by atoms with Gasteiger partial charge >= 0.3 is 5.97 Å². The minimum Gasteiger partial charge on any atom is -0.466 e. The van der Waals surface area contributed by atoms with Gasteiger partial charge < -0.3 is 9.64 Å². The van der Waals surface area contributed by atoms with Crippen molar-refractivity contribution in [3.8, 4) is 0 Å². The highest BCUT2D eigenvalue weighted by molar-refractivity contribution is 6.30. The molecule has 0 spiro atoms. The highest BCUT2D eigenvalue weighted by Gasteiger charge is 2.77. The molecule has 2 aliphatic heterocycles. The first-order valence-corrected chi connectivity index (χ1v) is 13.6. The molecular weight excluding hydrogens is 531 g/mol. The zero-order valence-electron chi connectivity index (χ0n) is 21.3. The lowest BCUT2D eigenvalue weighted by Gasteiger charge is -2.40. The third-order valence-electron chi connectivity index (χ3n) is 7.54. The summed E-state index contributed by atoms with van der Waals surface area (Å²) < 4.78 is 5.72. The summed E-state index contributed by atoms with van der Waals surface area (Å²) in [6, 6.07) is 35.2. The van der Waals surface area contributed by atoms with Crippen LogP contribution in [0.3, 0.4) is 0 Å². The topological polar surface area (TPSA) is 56.9 Å². The van der Waals surface area contributed by atoms with Crippen molar-refractivity contribution >= 4 is 40.5 Å². The standard InChI is InChI=1S/C31H27Cl2N4O2/c1-2-39-29(38)28-21-36(26-9-5-3-6-10-26)31(23-15-19-25(33)20-16-23)30(28,22-13-17-24(32)18-14-22)34-37(35-31)27-11-7-4-8-12-27/h3-20,28H,2,21H2,1H3,(H,34,35)/q+1/t28-,30-,31+/m0/s1. The molecule has 4 aromatic carbocycles. The molecule has 0 aromatic heterocycles. The molecule has 4 aromatic rings. The van der Waals surface area contributed by atoms with Crippen LogP contribution in [0, 0.1) is 5.92 Å². The molecule has 1 saturated heterocycles. The Morgan fingerprint density at radius 1 is 0.897 bits per heavy atom. The Labute approximate surface area is 237 Å². The number of esters is 1. The van der Waals surface area contributed by atoms with Crippen LogP contribution in [-0.4, -0.2) is 23.9 Å². The van der Waals surface area contributed by atoms with Crippen molar-refractivity contribution in [2.75, 3.05) is 18.1 Å². The number of carbonyl (C=O) groups is 1. The van der Waals surface area contributed by atoms with Gasteiger partial charge in [-0.15, -0.1) is 0 Å². The largest absolute Gasteiger partial charge is 0.466 e. The summed E-state index contributed by atoms with van der Waals surface area (Å²) in [4.78, 5) is 17.9. The number of fused-ring (bicyclic) bond motifs is 1. The normalized spacial score (nSPS) is 23.6. The van der Waals surface area contributed by atoms with Crippen molar-refractivity contribution in [2.45, 2.75) is 18.1 Å². The first-order valence-electron chi connectivity index (χ1n) is 12.9. The summed E-state index contributed by atoms with van der Waals surface area (Å²) in [5, 5.41) is 6.66. The molecule has 8 heteroatoms. The van der Waals surface area contributed by atoms with Crippen molar-refractivity contribution in [1.29, 1.82) is 0 Å². The summed E-state index contributed by atoms with van der Waals surface area (Å²) in [7, 11) is 0. The number of nitrogens with one attached hydrogen (secondary N) is 1. The van der Waals surface area contributed by atoms with Crippen LogP contribution in [0.1, 0.15) is 18.1 Å². The van der Waals surface area contributed by atoms with Crippen LogP contribution in [-0.2, 0) is 20.7 Å².